The summed E-state index contributed by atoms with van der Waals surface area (Å²) in [6.45, 7) is 10.3. The van der Waals surface area contributed by atoms with E-state index in [1.165, 1.54) is 84.0 Å². The lowest BCUT2D eigenvalue weighted by Crippen LogP contribution is -2.40. The topological polar surface area (TPSA) is 100 Å². The van der Waals surface area contributed by atoms with E-state index in [1.807, 2.05) is 24.3 Å². The summed E-state index contributed by atoms with van der Waals surface area (Å²) in [5.74, 6) is 0.0275. The summed E-state index contributed by atoms with van der Waals surface area (Å²) in [7, 11) is 0. The molecule has 0 aromatic heterocycles. The molecule has 286 valence electrons. The molecular weight excluding hydrogens is 638 g/mol. The molecule has 3 N–H and O–H groups in total. The van der Waals surface area contributed by atoms with E-state index >= 15 is 0 Å². The molecule has 3 atom stereocenters. The van der Waals surface area contributed by atoms with Crippen LogP contribution >= 0.6 is 0 Å². The highest BCUT2D eigenvalue weighted by Crippen LogP contribution is 2.38. The van der Waals surface area contributed by atoms with Crippen molar-refractivity contribution in [3.05, 3.63) is 70.8 Å². The highest BCUT2D eigenvalue weighted by Gasteiger charge is 2.33. The van der Waals surface area contributed by atoms with Crippen LogP contribution in [-0.4, -0.2) is 54.1 Å². The number of amides is 2. The van der Waals surface area contributed by atoms with E-state index < -0.39 is 6.29 Å². The first-order valence-corrected chi connectivity index (χ1v) is 20.2. The molecule has 0 saturated carbocycles. The van der Waals surface area contributed by atoms with Crippen molar-refractivity contribution in [3.8, 4) is 0 Å². The molecule has 0 unspecified atom stereocenters. The van der Waals surface area contributed by atoms with Gasteiger partial charge >= 0.3 is 0 Å². The lowest BCUT2D eigenvalue weighted by molar-refractivity contribution is -0.253. The predicted molar refractivity (Wildman–Crippen MR) is 207 cm³/mol. The number of nitrogens with zero attached hydrogens (tertiary/aromatic N) is 1. The third kappa shape index (κ3) is 18.0. The Hall–Kier alpha value is -2.78. The molecule has 1 aliphatic rings. The molecule has 1 saturated heterocycles. The van der Waals surface area contributed by atoms with E-state index in [2.05, 4.69) is 53.6 Å². The van der Waals surface area contributed by atoms with E-state index in [1.54, 1.807) is 0 Å². The number of carbonyl (C=O) groups is 2. The van der Waals surface area contributed by atoms with Crippen molar-refractivity contribution in [2.24, 2.45) is 0 Å². The zero-order valence-electron chi connectivity index (χ0n) is 32.1. The predicted octanol–water partition coefficient (Wildman–Crippen LogP) is 9.06. The smallest absolute Gasteiger partial charge is 0.220 e. The molecule has 1 heterocycles. The van der Waals surface area contributed by atoms with Gasteiger partial charge in [-0.2, -0.15) is 0 Å². The SMILES string of the molecule is CCCCCCCCN(CCCCCCCC)C[C@@H]1C[C@H](c2ccc(CO)cc2)O[C@H](c2ccc(CNC(=O)CCCCCNC(C)=O)cc2)O1. The van der Waals surface area contributed by atoms with Crippen LogP contribution in [0.25, 0.3) is 0 Å². The van der Waals surface area contributed by atoms with Gasteiger partial charge in [-0.15, -0.1) is 0 Å². The van der Waals surface area contributed by atoms with Gasteiger partial charge in [0.1, 0.15) is 0 Å². The number of unbranched alkanes of at least 4 members (excludes halogenated alkanes) is 12. The molecular formula is C43H69N3O5. The summed E-state index contributed by atoms with van der Waals surface area (Å²) in [5, 5.41) is 15.4. The second-order valence-electron chi connectivity index (χ2n) is 14.5. The molecule has 3 rings (SSSR count). The molecule has 0 bridgehead atoms. The molecule has 2 amide bonds. The van der Waals surface area contributed by atoms with Crippen molar-refractivity contribution < 1.29 is 24.2 Å². The molecule has 0 spiro atoms. The number of ether oxygens (including phenoxy) is 2. The Morgan fingerprint density at radius 3 is 1.88 bits per heavy atom. The van der Waals surface area contributed by atoms with Crippen LogP contribution in [0.4, 0.5) is 0 Å². The van der Waals surface area contributed by atoms with Gasteiger partial charge in [0.15, 0.2) is 6.29 Å². The molecule has 2 aromatic carbocycles. The van der Waals surface area contributed by atoms with Crippen LogP contribution in [0.2, 0.25) is 0 Å². The lowest BCUT2D eigenvalue weighted by atomic mass is 9.99. The summed E-state index contributed by atoms with van der Waals surface area (Å²) in [5.41, 5.74) is 4.01. The second kappa shape index (κ2) is 26.1. The Labute approximate surface area is 309 Å². The Morgan fingerprint density at radius 2 is 1.27 bits per heavy atom. The Morgan fingerprint density at radius 1 is 0.706 bits per heavy atom. The summed E-state index contributed by atoms with van der Waals surface area (Å²) < 4.78 is 13.4. The number of aliphatic hydroxyl groups excluding tert-OH is 1. The minimum atomic E-state index is -0.489. The van der Waals surface area contributed by atoms with Gasteiger partial charge in [0.25, 0.3) is 0 Å². The zero-order chi connectivity index (χ0) is 36.5. The average molecular weight is 708 g/mol. The van der Waals surface area contributed by atoms with E-state index in [-0.39, 0.29) is 30.6 Å². The molecule has 51 heavy (non-hydrogen) atoms. The number of hydrogen-bond acceptors (Lipinski definition) is 6. The standard InChI is InChI=1S/C43H69N3O5/c1-4-6-8-10-12-17-29-46(30-18-13-11-9-7-5-2)33-40-31-41(38-24-22-37(34-47)23-25-38)51-43(50-40)39-26-20-36(21-27-39)32-45-42(49)19-15-14-16-28-44-35(3)48/h20-27,40-41,43,47H,4-19,28-34H2,1-3H3,(H,44,48)(H,45,49)/t40-,41+,43+/m0/s1. The number of rotatable bonds is 27. The number of hydrogen-bond donors (Lipinski definition) is 3. The monoisotopic (exact) mass is 708 g/mol. The fourth-order valence-corrected chi connectivity index (χ4v) is 6.78. The van der Waals surface area contributed by atoms with Crippen molar-refractivity contribution in [1.82, 2.24) is 15.5 Å². The lowest BCUT2D eigenvalue weighted by Gasteiger charge is -2.38. The second-order valence-corrected chi connectivity index (χ2v) is 14.5. The Kier molecular flexibility index (Phi) is 21.8. The molecule has 0 aliphatic carbocycles. The van der Waals surface area contributed by atoms with Crippen LogP contribution in [-0.2, 0) is 32.2 Å². The summed E-state index contributed by atoms with van der Waals surface area (Å²) in [6, 6.07) is 16.3. The minimum Gasteiger partial charge on any atom is -0.392 e. The first kappa shape index (κ1) is 42.6. The molecule has 2 aromatic rings. The number of carbonyl (C=O) groups excluding carboxylic acids is 2. The minimum absolute atomic E-state index is 0.0159. The molecule has 8 nitrogen and oxygen atoms in total. The van der Waals surface area contributed by atoms with E-state index in [0.29, 0.717) is 19.5 Å². The maximum atomic E-state index is 12.4. The number of aliphatic hydroxyl groups is 1. The van der Waals surface area contributed by atoms with Crippen molar-refractivity contribution in [2.45, 2.75) is 162 Å². The highest BCUT2D eigenvalue weighted by atomic mass is 16.7. The summed E-state index contributed by atoms with van der Waals surface area (Å²) >= 11 is 0. The van der Waals surface area contributed by atoms with Crippen LogP contribution in [0.3, 0.4) is 0 Å². The van der Waals surface area contributed by atoms with Gasteiger partial charge in [-0.25, -0.2) is 0 Å². The van der Waals surface area contributed by atoms with Crippen molar-refractivity contribution in [2.75, 3.05) is 26.2 Å². The van der Waals surface area contributed by atoms with Crippen LogP contribution in [0.5, 0.6) is 0 Å². The zero-order valence-corrected chi connectivity index (χ0v) is 32.1. The van der Waals surface area contributed by atoms with Gasteiger partial charge in [-0.1, -0.05) is 133 Å². The van der Waals surface area contributed by atoms with E-state index in [0.717, 1.165) is 67.6 Å². The maximum Gasteiger partial charge on any atom is 0.220 e. The van der Waals surface area contributed by atoms with Crippen LogP contribution in [0, 0.1) is 0 Å². The third-order valence-corrected chi connectivity index (χ3v) is 9.93. The van der Waals surface area contributed by atoms with Crippen molar-refractivity contribution in [1.29, 1.82) is 0 Å². The number of nitrogens with one attached hydrogen (secondary N) is 2. The normalized spacial score (nSPS) is 17.5. The van der Waals surface area contributed by atoms with Crippen LogP contribution < -0.4 is 10.6 Å². The van der Waals surface area contributed by atoms with Crippen molar-refractivity contribution in [3.63, 3.8) is 0 Å². The molecule has 1 fully saturated rings. The Balaban J connectivity index is 1.62. The average Bonchev–Trinajstić information content (AvgIpc) is 3.14. The first-order chi connectivity index (χ1) is 24.9. The Bertz CT molecular complexity index is 1190. The molecule has 0 radical (unpaired) electrons. The molecule has 8 heteroatoms. The van der Waals surface area contributed by atoms with Gasteiger partial charge in [-0.3, -0.25) is 9.59 Å². The van der Waals surface area contributed by atoms with Crippen molar-refractivity contribution >= 4 is 11.8 Å². The fraction of sp³-hybridized carbons (Fsp3) is 0.674. The quantitative estimate of drug-likeness (QED) is 0.0802. The largest absolute Gasteiger partial charge is 0.392 e. The van der Waals surface area contributed by atoms with Gasteiger partial charge in [0.2, 0.25) is 11.8 Å². The number of benzene rings is 2. The summed E-state index contributed by atoms with van der Waals surface area (Å²) in [6.07, 6.45) is 18.9. The van der Waals surface area contributed by atoms with Gasteiger partial charge in [0, 0.05) is 45.0 Å². The van der Waals surface area contributed by atoms with Gasteiger partial charge < -0.3 is 30.1 Å². The first-order valence-electron chi connectivity index (χ1n) is 20.2. The third-order valence-electron chi connectivity index (χ3n) is 9.93. The highest BCUT2D eigenvalue weighted by molar-refractivity contribution is 5.75. The van der Waals surface area contributed by atoms with Crippen LogP contribution in [0.1, 0.15) is 165 Å². The fourth-order valence-electron chi connectivity index (χ4n) is 6.78. The van der Waals surface area contributed by atoms with E-state index in [9.17, 15) is 14.7 Å². The summed E-state index contributed by atoms with van der Waals surface area (Å²) in [4.78, 5) is 26.1. The maximum absolute atomic E-state index is 12.4. The van der Waals surface area contributed by atoms with Crippen LogP contribution in [0.15, 0.2) is 48.5 Å². The van der Waals surface area contributed by atoms with Gasteiger partial charge in [-0.05, 0) is 55.5 Å². The van der Waals surface area contributed by atoms with E-state index in [4.69, 9.17) is 9.47 Å². The van der Waals surface area contributed by atoms with Gasteiger partial charge in [0.05, 0.1) is 18.8 Å². The molecule has 1 aliphatic heterocycles.